The molecule has 0 heterocycles. The molecule has 0 aliphatic rings. The number of unbranched alkanes of at least 4 members (excludes halogenated alkanes) is 20. The molecule has 0 aromatic heterocycles. The Morgan fingerprint density at radius 2 is 0.536 bits per heavy atom. The second kappa shape index (κ2) is 25.0. The van der Waals surface area contributed by atoms with Crippen LogP contribution in [0.5, 0.6) is 0 Å². The summed E-state index contributed by atoms with van der Waals surface area (Å²) in [6, 6.07) is 0. The molecule has 0 N–H and O–H groups in total. The van der Waals surface area contributed by atoms with Gasteiger partial charge in [-0.3, -0.25) is 0 Å². The van der Waals surface area contributed by atoms with Crippen molar-refractivity contribution in [2.75, 3.05) is 20.1 Å². The van der Waals surface area contributed by atoms with Gasteiger partial charge in [0.05, 0.1) is 0 Å². The Labute approximate surface area is 180 Å². The van der Waals surface area contributed by atoms with E-state index in [1.165, 1.54) is 154 Å². The van der Waals surface area contributed by atoms with Crippen LogP contribution in [-0.2, 0) is 0 Å². The topological polar surface area (TPSA) is 3.24 Å². The Hall–Kier alpha value is -0.0400. The van der Waals surface area contributed by atoms with Gasteiger partial charge in [0.2, 0.25) is 0 Å². The first-order valence-corrected chi connectivity index (χ1v) is 13.5. The summed E-state index contributed by atoms with van der Waals surface area (Å²) in [6.45, 7) is 7.23. The Kier molecular flexibility index (Phi) is 25.0. The summed E-state index contributed by atoms with van der Waals surface area (Å²) in [7, 11) is 2.33. The summed E-state index contributed by atoms with van der Waals surface area (Å²) in [5.74, 6) is 0. The molecule has 0 radical (unpaired) electrons. The number of hydrogen-bond donors (Lipinski definition) is 0. The average molecular weight is 396 g/mol. The molecular formula is C27H57N. The van der Waals surface area contributed by atoms with Crippen LogP contribution < -0.4 is 0 Å². The molecule has 0 spiro atoms. The van der Waals surface area contributed by atoms with Crippen LogP contribution >= 0.6 is 0 Å². The second-order valence-corrected chi connectivity index (χ2v) is 9.37. The lowest BCUT2D eigenvalue weighted by Crippen LogP contribution is -2.20. The van der Waals surface area contributed by atoms with Crippen molar-refractivity contribution in [1.29, 1.82) is 0 Å². The third-order valence-corrected chi connectivity index (χ3v) is 6.29. The van der Waals surface area contributed by atoms with Gasteiger partial charge in [0.25, 0.3) is 0 Å². The fourth-order valence-corrected chi connectivity index (χ4v) is 4.20. The van der Waals surface area contributed by atoms with Crippen molar-refractivity contribution in [1.82, 2.24) is 4.90 Å². The van der Waals surface area contributed by atoms with Crippen molar-refractivity contribution >= 4 is 0 Å². The lowest BCUT2D eigenvalue weighted by atomic mass is 10.1. The summed E-state index contributed by atoms with van der Waals surface area (Å²) < 4.78 is 0. The van der Waals surface area contributed by atoms with E-state index < -0.39 is 0 Å². The summed E-state index contributed by atoms with van der Waals surface area (Å²) in [5.41, 5.74) is 0. The third kappa shape index (κ3) is 24.0. The van der Waals surface area contributed by atoms with Crippen molar-refractivity contribution in [2.24, 2.45) is 0 Å². The molecule has 1 nitrogen and oxygen atoms in total. The van der Waals surface area contributed by atoms with E-state index in [2.05, 4.69) is 25.8 Å². The molecule has 0 aromatic rings. The zero-order valence-corrected chi connectivity index (χ0v) is 20.4. The van der Waals surface area contributed by atoms with Crippen LogP contribution in [-0.4, -0.2) is 25.0 Å². The predicted octanol–water partition coefficient (Wildman–Crippen LogP) is 9.54. The van der Waals surface area contributed by atoms with Gasteiger partial charge in [0, 0.05) is 0 Å². The molecular weight excluding hydrogens is 338 g/mol. The molecule has 0 unspecified atom stereocenters. The minimum atomic E-state index is 1.31. The molecule has 0 amide bonds. The Balaban J connectivity index is 3.12. The molecule has 0 bridgehead atoms. The molecule has 1 heteroatoms. The Morgan fingerprint density at radius 1 is 0.321 bits per heavy atom. The van der Waals surface area contributed by atoms with Gasteiger partial charge >= 0.3 is 0 Å². The quantitative estimate of drug-likeness (QED) is 0.147. The lowest BCUT2D eigenvalue weighted by Gasteiger charge is -2.16. The summed E-state index contributed by atoms with van der Waals surface area (Å²) in [4.78, 5) is 2.57. The zero-order valence-electron chi connectivity index (χ0n) is 20.4. The average Bonchev–Trinajstić information content (AvgIpc) is 2.70. The van der Waals surface area contributed by atoms with E-state index in [9.17, 15) is 0 Å². The molecule has 0 rings (SSSR count). The highest BCUT2D eigenvalue weighted by Crippen LogP contribution is 2.13. The number of hydrogen-bond acceptors (Lipinski definition) is 1. The molecule has 0 atom stereocenters. The SMILES string of the molecule is CCCCCCCCCCCCCN(C)CCCCCCCCCCCCC. The minimum Gasteiger partial charge on any atom is -0.306 e. The van der Waals surface area contributed by atoms with Crippen LogP contribution in [0.4, 0.5) is 0 Å². The van der Waals surface area contributed by atoms with E-state index in [0.29, 0.717) is 0 Å². The van der Waals surface area contributed by atoms with Gasteiger partial charge in [-0.05, 0) is 33.0 Å². The fourth-order valence-electron chi connectivity index (χ4n) is 4.20. The third-order valence-electron chi connectivity index (χ3n) is 6.29. The van der Waals surface area contributed by atoms with Gasteiger partial charge in [0.1, 0.15) is 0 Å². The van der Waals surface area contributed by atoms with E-state index in [0.717, 1.165) is 0 Å². The van der Waals surface area contributed by atoms with Crippen LogP contribution in [0.1, 0.15) is 155 Å². The first-order chi connectivity index (χ1) is 13.8. The van der Waals surface area contributed by atoms with Crippen molar-refractivity contribution in [3.63, 3.8) is 0 Å². The van der Waals surface area contributed by atoms with Crippen LogP contribution in [0.15, 0.2) is 0 Å². The van der Waals surface area contributed by atoms with Gasteiger partial charge in [-0.1, -0.05) is 142 Å². The maximum atomic E-state index is 2.57. The van der Waals surface area contributed by atoms with Crippen molar-refractivity contribution in [3.05, 3.63) is 0 Å². The van der Waals surface area contributed by atoms with Crippen molar-refractivity contribution < 1.29 is 0 Å². The van der Waals surface area contributed by atoms with Gasteiger partial charge in [0.15, 0.2) is 0 Å². The highest BCUT2D eigenvalue weighted by molar-refractivity contribution is 4.55. The maximum absolute atomic E-state index is 2.57. The van der Waals surface area contributed by atoms with E-state index >= 15 is 0 Å². The predicted molar refractivity (Wildman–Crippen MR) is 130 cm³/mol. The second-order valence-electron chi connectivity index (χ2n) is 9.37. The highest BCUT2D eigenvalue weighted by atomic mass is 15.1. The standard InChI is InChI=1S/C27H57N/c1-4-6-8-10-12-14-16-18-20-22-24-26-28(3)27-25-23-21-19-17-15-13-11-9-7-5-2/h4-27H2,1-3H3. The first-order valence-electron chi connectivity index (χ1n) is 13.5. The highest BCUT2D eigenvalue weighted by Gasteiger charge is 1.99. The normalized spacial score (nSPS) is 11.6. The number of nitrogens with zero attached hydrogens (tertiary/aromatic N) is 1. The Bertz CT molecular complexity index is 237. The molecule has 0 fully saturated rings. The van der Waals surface area contributed by atoms with E-state index in [-0.39, 0.29) is 0 Å². The van der Waals surface area contributed by atoms with Crippen molar-refractivity contribution in [3.8, 4) is 0 Å². The van der Waals surface area contributed by atoms with Gasteiger partial charge in [-0.2, -0.15) is 0 Å². The summed E-state index contributed by atoms with van der Waals surface area (Å²) >= 11 is 0. The van der Waals surface area contributed by atoms with Gasteiger partial charge in [-0.15, -0.1) is 0 Å². The first kappa shape index (κ1) is 28.0. The molecule has 0 aliphatic heterocycles. The smallest absolute Gasteiger partial charge is 0.00218 e. The van der Waals surface area contributed by atoms with Crippen LogP contribution in [0, 0.1) is 0 Å². The van der Waals surface area contributed by atoms with Crippen molar-refractivity contribution in [2.45, 2.75) is 155 Å². The molecule has 28 heavy (non-hydrogen) atoms. The van der Waals surface area contributed by atoms with E-state index in [1.807, 2.05) is 0 Å². The Morgan fingerprint density at radius 3 is 0.786 bits per heavy atom. The molecule has 0 aliphatic carbocycles. The van der Waals surface area contributed by atoms with E-state index in [4.69, 9.17) is 0 Å². The van der Waals surface area contributed by atoms with Crippen LogP contribution in [0.3, 0.4) is 0 Å². The molecule has 0 saturated heterocycles. The van der Waals surface area contributed by atoms with Crippen LogP contribution in [0.2, 0.25) is 0 Å². The monoisotopic (exact) mass is 395 g/mol. The number of rotatable bonds is 24. The zero-order chi connectivity index (χ0) is 20.5. The minimum absolute atomic E-state index is 1.31. The maximum Gasteiger partial charge on any atom is -0.00218 e. The van der Waals surface area contributed by atoms with Gasteiger partial charge in [-0.25, -0.2) is 0 Å². The largest absolute Gasteiger partial charge is 0.306 e. The molecule has 0 aromatic carbocycles. The van der Waals surface area contributed by atoms with Crippen LogP contribution in [0.25, 0.3) is 0 Å². The lowest BCUT2D eigenvalue weighted by molar-refractivity contribution is 0.314. The fraction of sp³-hybridized carbons (Fsp3) is 1.00. The summed E-state index contributed by atoms with van der Waals surface area (Å²) in [6.07, 6.45) is 31.9. The molecule has 170 valence electrons. The summed E-state index contributed by atoms with van der Waals surface area (Å²) in [5, 5.41) is 0. The van der Waals surface area contributed by atoms with E-state index in [1.54, 1.807) is 0 Å². The molecule has 0 saturated carbocycles. The van der Waals surface area contributed by atoms with Gasteiger partial charge < -0.3 is 4.90 Å².